The Morgan fingerprint density at radius 1 is 0.939 bits per heavy atom. The first kappa shape index (κ1) is 20.8. The maximum absolute atomic E-state index is 10.2. The predicted molar refractivity (Wildman–Crippen MR) is 118 cm³/mol. The highest BCUT2D eigenvalue weighted by Gasteiger charge is 2.56. The standard InChI is InChI=1S/C26H21N3O4/c1-30-21-10-7-19(8-11-21)25-29(14-18-5-3-2-4-6-18)24(26(15-27,16-28)33-25)20-9-12-22-23(13-20)32-17-31-22/h2-13,24-25H,14,17H2,1H3. The monoisotopic (exact) mass is 439 g/mol. The fraction of sp³-hybridized carbons (Fsp3) is 0.231. The van der Waals surface area contributed by atoms with E-state index < -0.39 is 17.9 Å². The molecular formula is C26H21N3O4. The van der Waals surface area contributed by atoms with Gasteiger partial charge in [0.05, 0.1) is 13.2 Å². The van der Waals surface area contributed by atoms with Crippen molar-refractivity contribution in [3.8, 4) is 29.4 Å². The van der Waals surface area contributed by atoms with Crippen LogP contribution in [0.3, 0.4) is 0 Å². The van der Waals surface area contributed by atoms with Crippen LogP contribution in [0.15, 0.2) is 72.8 Å². The first-order chi connectivity index (χ1) is 16.2. The van der Waals surface area contributed by atoms with Crippen LogP contribution in [0.2, 0.25) is 0 Å². The van der Waals surface area contributed by atoms with Crippen LogP contribution in [0, 0.1) is 22.7 Å². The number of fused-ring (bicyclic) bond motifs is 1. The van der Waals surface area contributed by atoms with Crippen LogP contribution >= 0.6 is 0 Å². The van der Waals surface area contributed by atoms with E-state index >= 15 is 0 Å². The quantitative estimate of drug-likeness (QED) is 0.579. The smallest absolute Gasteiger partial charge is 0.262 e. The topological polar surface area (TPSA) is 87.7 Å². The van der Waals surface area contributed by atoms with Gasteiger partial charge in [-0.15, -0.1) is 0 Å². The summed E-state index contributed by atoms with van der Waals surface area (Å²) < 4.78 is 22.6. The maximum atomic E-state index is 10.2. The third-order valence-corrected chi connectivity index (χ3v) is 5.97. The molecule has 5 rings (SSSR count). The summed E-state index contributed by atoms with van der Waals surface area (Å²) in [7, 11) is 1.61. The number of benzene rings is 3. The second kappa shape index (κ2) is 8.48. The SMILES string of the molecule is COc1ccc(C2OC(C#N)(C#N)C(c3ccc4c(c3)OCO4)N2Cc2ccccc2)cc1. The van der Waals surface area contributed by atoms with Crippen LogP contribution in [0.5, 0.6) is 17.2 Å². The summed E-state index contributed by atoms with van der Waals surface area (Å²) in [5.74, 6) is 1.94. The van der Waals surface area contributed by atoms with Gasteiger partial charge in [0, 0.05) is 6.54 Å². The van der Waals surface area contributed by atoms with E-state index in [9.17, 15) is 10.5 Å². The van der Waals surface area contributed by atoms with Crippen molar-refractivity contribution in [1.82, 2.24) is 4.90 Å². The number of hydrogen-bond donors (Lipinski definition) is 0. The van der Waals surface area contributed by atoms with Crippen molar-refractivity contribution in [2.45, 2.75) is 24.4 Å². The molecule has 2 unspecified atom stereocenters. The molecule has 0 bridgehead atoms. The van der Waals surface area contributed by atoms with E-state index in [1.807, 2.05) is 71.6 Å². The molecule has 0 aliphatic carbocycles. The Bertz CT molecular complexity index is 1220. The summed E-state index contributed by atoms with van der Waals surface area (Å²) in [4.78, 5) is 2.04. The molecule has 7 nitrogen and oxygen atoms in total. The van der Waals surface area contributed by atoms with Crippen LogP contribution in [-0.2, 0) is 11.3 Å². The van der Waals surface area contributed by atoms with Gasteiger partial charge < -0.3 is 18.9 Å². The summed E-state index contributed by atoms with van der Waals surface area (Å²) in [5, 5.41) is 20.3. The fourth-order valence-electron chi connectivity index (χ4n) is 4.38. The zero-order valence-corrected chi connectivity index (χ0v) is 18.0. The highest BCUT2D eigenvalue weighted by atomic mass is 16.7. The van der Waals surface area contributed by atoms with Gasteiger partial charge in [0.1, 0.15) is 24.1 Å². The van der Waals surface area contributed by atoms with Crippen molar-refractivity contribution >= 4 is 0 Å². The van der Waals surface area contributed by atoms with Crippen LogP contribution < -0.4 is 14.2 Å². The number of hydrogen-bond acceptors (Lipinski definition) is 7. The average Bonchev–Trinajstić information content (AvgIpc) is 3.47. The third-order valence-electron chi connectivity index (χ3n) is 5.97. The molecule has 0 N–H and O–H groups in total. The molecule has 0 radical (unpaired) electrons. The second-order valence-electron chi connectivity index (χ2n) is 7.88. The maximum Gasteiger partial charge on any atom is 0.262 e. The van der Waals surface area contributed by atoms with Crippen molar-refractivity contribution in [3.05, 3.63) is 89.5 Å². The summed E-state index contributed by atoms with van der Waals surface area (Å²) >= 11 is 0. The second-order valence-corrected chi connectivity index (χ2v) is 7.88. The highest BCUT2D eigenvalue weighted by Crippen LogP contribution is 2.51. The molecule has 2 aliphatic heterocycles. The van der Waals surface area contributed by atoms with Gasteiger partial charge in [-0.2, -0.15) is 10.5 Å². The van der Waals surface area contributed by atoms with E-state index in [-0.39, 0.29) is 6.79 Å². The molecule has 7 heteroatoms. The Morgan fingerprint density at radius 3 is 2.33 bits per heavy atom. The van der Waals surface area contributed by atoms with E-state index in [1.54, 1.807) is 13.2 Å². The van der Waals surface area contributed by atoms with E-state index in [2.05, 4.69) is 12.1 Å². The zero-order valence-electron chi connectivity index (χ0n) is 18.0. The first-order valence-electron chi connectivity index (χ1n) is 10.5. The van der Waals surface area contributed by atoms with Crippen molar-refractivity contribution in [1.29, 1.82) is 10.5 Å². The van der Waals surface area contributed by atoms with Crippen molar-refractivity contribution in [2.24, 2.45) is 0 Å². The van der Waals surface area contributed by atoms with Gasteiger partial charge in [0.15, 0.2) is 11.5 Å². The lowest BCUT2D eigenvalue weighted by molar-refractivity contribution is -0.0116. The summed E-state index contributed by atoms with van der Waals surface area (Å²) in [5.41, 5.74) is 0.892. The normalized spacial score (nSPS) is 20.7. The Hall–Kier alpha value is -4.04. The highest BCUT2D eigenvalue weighted by molar-refractivity contribution is 5.48. The first-order valence-corrected chi connectivity index (χ1v) is 10.5. The molecule has 3 aromatic rings. The molecule has 0 amide bonds. The average molecular weight is 439 g/mol. The molecule has 0 saturated carbocycles. The summed E-state index contributed by atoms with van der Waals surface area (Å²) in [6.07, 6.45) is -0.620. The Kier molecular flexibility index (Phi) is 5.35. The number of nitriles is 2. The van der Waals surface area contributed by atoms with Crippen molar-refractivity contribution in [3.63, 3.8) is 0 Å². The predicted octanol–water partition coefficient (Wildman–Crippen LogP) is 4.48. The van der Waals surface area contributed by atoms with Gasteiger partial charge >= 0.3 is 0 Å². The van der Waals surface area contributed by atoms with Gasteiger partial charge in [0.2, 0.25) is 6.79 Å². The molecule has 3 aromatic carbocycles. The Labute approximate surface area is 191 Å². The van der Waals surface area contributed by atoms with E-state index in [4.69, 9.17) is 18.9 Å². The third kappa shape index (κ3) is 3.64. The van der Waals surface area contributed by atoms with E-state index in [0.29, 0.717) is 23.8 Å². The lowest BCUT2D eigenvalue weighted by Gasteiger charge is -2.29. The van der Waals surface area contributed by atoms with Crippen LogP contribution in [0.1, 0.15) is 29.0 Å². The molecule has 2 aliphatic rings. The minimum Gasteiger partial charge on any atom is -0.497 e. The molecule has 0 spiro atoms. The summed E-state index contributed by atoms with van der Waals surface area (Å²) in [6.45, 7) is 0.617. The van der Waals surface area contributed by atoms with E-state index in [1.165, 1.54) is 0 Å². The van der Waals surface area contributed by atoms with E-state index in [0.717, 1.165) is 16.7 Å². The van der Waals surface area contributed by atoms with Gasteiger partial charge in [-0.3, -0.25) is 4.90 Å². The lowest BCUT2D eigenvalue weighted by Crippen LogP contribution is -2.36. The van der Waals surface area contributed by atoms with Crippen molar-refractivity contribution < 1.29 is 18.9 Å². The molecule has 1 fully saturated rings. The molecule has 0 aromatic heterocycles. The number of nitrogens with zero attached hydrogens (tertiary/aromatic N) is 3. The largest absolute Gasteiger partial charge is 0.497 e. The summed E-state index contributed by atoms with van der Waals surface area (Å²) in [6, 6.07) is 26.5. The molecule has 164 valence electrons. The van der Waals surface area contributed by atoms with Gasteiger partial charge in [-0.25, -0.2) is 0 Å². The van der Waals surface area contributed by atoms with Gasteiger partial charge in [0.25, 0.3) is 5.60 Å². The zero-order chi connectivity index (χ0) is 22.8. The minimum absolute atomic E-state index is 0.143. The van der Waals surface area contributed by atoms with Crippen molar-refractivity contribution in [2.75, 3.05) is 13.9 Å². The molecule has 2 atom stereocenters. The Balaban J connectivity index is 1.63. The Morgan fingerprint density at radius 2 is 1.64 bits per heavy atom. The van der Waals surface area contributed by atoms with Crippen LogP contribution in [-0.4, -0.2) is 24.4 Å². The molecule has 33 heavy (non-hydrogen) atoms. The molecule has 2 heterocycles. The molecule has 1 saturated heterocycles. The van der Waals surface area contributed by atoms with Gasteiger partial charge in [-0.1, -0.05) is 48.5 Å². The molecular weight excluding hydrogens is 418 g/mol. The minimum atomic E-state index is -1.72. The van der Waals surface area contributed by atoms with Crippen LogP contribution in [0.25, 0.3) is 0 Å². The fourth-order valence-corrected chi connectivity index (χ4v) is 4.38. The number of ether oxygens (including phenoxy) is 4. The van der Waals surface area contributed by atoms with Crippen LogP contribution in [0.4, 0.5) is 0 Å². The van der Waals surface area contributed by atoms with Gasteiger partial charge in [-0.05, 0) is 41.0 Å². The number of rotatable bonds is 5. The lowest BCUT2D eigenvalue weighted by atomic mass is 9.90. The number of methoxy groups -OCH3 is 1.